The fraction of sp³-hybridized carbons (Fsp3) is 0. The summed E-state index contributed by atoms with van der Waals surface area (Å²) >= 11 is -1.19. The van der Waals surface area contributed by atoms with Crippen LogP contribution in [0.3, 0.4) is 0 Å². The van der Waals surface area contributed by atoms with Crippen molar-refractivity contribution in [3.05, 3.63) is 0 Å². The minimum absolute atomic E-state index is 0. The average Bonchev–Trinajstić information content (AvgIpc) is 0.918. The number of rotatable bonds is 0. The van der Waals surface area contributed by atoms with E-state index in [1.54, 1.807) is 0 Å². The summed E-state index contributed by atoms with van der Waals surface area (Å²) in [5.74, 6) is 0. The van der Waals surface area contributed by atoms with Gasteiger partial charge < -0.3 is 9.41 Å². The summed E-state index contributed by atoms with van der Waals surface area (Å²) in [6.07, 6.45) is 0. The molecule has 0 aliphatic rings. The van der Waals surface area contributed by atoms with E-state index in [1.165, 1.54) is 0 Å². The topological polar surface area (TPSA) is 0 Å². The zero-order valence-electron chi connectivity index (χ0n) is 2.17. The molecule has 0 heterocycles. The van der Waals surface area contributed by atoms with Crippen LogP contribution in [-0.4, -0.2) is 0 Å². The molecule has 6 heavy (non-hydrogen) atoms. The monoisotopic (exact) mass is 195 g/mol. The van der Waals surface area contributed by atoms with Gasteiger partial charge in [-0.05, 0) is 0 Å². The maximum absolute atomic E-state index is 9.53. The molecule has 0 aromatic rings. The Bertz CT molecular complexity index is 7.51. The Morgan fingerprint density at radius 3 is 1.00 bits per heavy atom. The Hall–Kier alpha value is 0.759. The van der Waals surface area contributed by atoms with Gasteiger partial charge in [0.25, 0.3) is 0 Å². The van der Waals surface area contributed by atoms with Gasteiger partial charge in [0.15, 0.2) is 0 Å². The van der Waals surface area contributed by atoms with E-state index in [2.05, 4.69) is 0 Å². The third-order valence-electron chi connectivity index (χ3n) is 0. The van der Waals surface area contributed by atoms with Gasteiger partial charge >= 0.3 is 40.0 Å². The summed E-state index contributed by atoms with van der Waals surface area (Å²) in [6.45, 7) is 0. The smallest absolute Gasteiger partial charge is 2.00 e. The van der Waals surface area contributed by atoms with Crippen LogP contribution in [0.2, 0.25) is 0 Å². The maximum Gasteiger partial charge on any atom is 2.00 e. The van der Waals surface area contributed by atoms with E-state index in [9.17, 15) is 7.10 Å². The van der Waals surface area contributed by atoms with Gasteiger partial charge in [0.1, 0.15) is 0 Å². The summed E-state index contributed by atoms with van der Waals surface area (Å²) in [6, 6.07) is 0. The van der Waals surface area contributed by atoms with Crippen LogP contribution < -0.4 is 9.41 Å². The van der Waals surface area contributed by atoms with E-state index < -0.39 is 15.9 Å². The summed E-state index contributed by atoms with van der Waals surface area (Å²) < 4.78 is 19.1. The van der Waals surface area contributed by atoms with Crippen LogP contribution >= 0.6 is 0 Å². The van der Waals surface area contributed by atoms with Crippen molar-refractivity contribution in [3.8, 4) is 0 Å². The van der Waals surface area contributed by atoms with Crippen LogP contribution in [0, 0.1) is 0 Å². The molecule has 0 saturated carbocycles. The average molecular weight is 195 g/mol. The summed E-state index contributed by atoms with van der Waals surface area (Å²) in [7, 11) is 0. The third-order valence-corrected chi connectivity index (χ3v) is 0. The van der Waals surface area contributed by atoms with Crippen LogP contribution in [0.15, 0.2) is 0 Å². The molecule has 0 aromatic heterocycles. The first kappa shape index (κ1) is 29.4. The normalized spacial score (nSPS) is 3.67. The molecule has 0 amide bonds. The molecule has 0 spiro atoms. The fourth-order valence-corrected chi connectivity index (χ4v) is 0. The van der Waals surface area contributed by atoms with Gasteiger partial charge in [-0.15, -0.1) is 0 Å². The first-order valence-corrected chi connectivity index (χ1v) is 0.940. The van der Waals surface area contributed by atoms with E-state index in [-0.39, 0.29) is 26.5 Å². The van der Waals surface area contributed by atoms with Gasteiger partial charge in [-0.2, -0.15) is 0 Å². The zero-order chi connectivity index (χ0) is 2.71. The molecule has 0 saturated heterocycles. The molecule has 0 unspecified atom stereocenters. The van der Waals surface area contributed by atoms with Gasteiger partial charge in [-0.25, -0.2) is 0 Å². The zero-order valence-corrected chi connectivity index (χ0v) is 4.21. The first-order valence-electron chi connectivity index (χ1n) is 0.228. The molecule has 47 valence electrons. The summed E-state index contributed by atoms with van der Waals surface area (Å²) in [4.78, 5) is 0. The predicted octanol–water partition coefficient (Wildman–Crippen LogP) is -5.16. The van der Waals surface area contributed by atoms with E-state index >= 15 is 0 Å². The number of hydrogen-bond donors (Lipinski definition) is 0. The van der Waals surface area contributed by atoms with Crippen molar-refractivity contribution in [2.24, 2.45) is 0 Å². The molecule has 0 radical (unpaired) electrons. The van der Waals surface area contributed by atoms with Gasteiger partial charge in [0.05, 0.1) is 0 Å². The Morgan fingerprint density at radius 1 is 1.00 bits per heavy atom. The minimum atomic E-state index is -1.19. The molecule has 0 fully saturated rings. The SMILES string of the molecule is [F-].[F-].[F][Cu][F].[Fe+2]. The second-order valence-electron chi connectivity index (χ2n) is 0.0431. The Balaban J connectivity index is -0.00000000667. The number of hydrogen-bond acceptors (Lipinski definition) is 0. The quantitative estimate of drug-likeness (QED) is 0.268. The molecule has 0 aromatic carbocycles. The molecule has 0 atom stereocenters. The molecule has 0 bridgehead atoms. The van der Waals surface area contributed by atoms with Crippen molar-refractivity contribution < 1.29 is 49.4 Å². The molecule has 0 N–H and O–H groups in total. The third kappa shape index (κ3) is 117. The summed E-state index contributed by atoms with van der Waals surface area (Å²) in [5.41, 5.74) is 0. The predicted molar refractivity (Wildman–Crippen MR) is 2.22 cm³/mol. The largest absolute Gasteiger partial charge is 2.00 e. The Labute approximate surface area is 50.0 Å². The van der Waals surface area contributed by atoms with Gasteiger partial charge in [0, 0.05) is 0 Å². The van der Waals surface area contributed by atoms with Crippen LogP contribution in [0.1, 0.15) is 0 Å². The van der Waals surface area contributed by atoms with Gasteiger partial charge in [0.2, 0.25) is 0 Å². The molecular formula is CuF4Fe. The van der Waals surface area contributed by atoms with Crippen molar-refractivity contribution in [1.82, 2.24) is 0 Å². The van der Waals surface area contributed by atoms with Crippen LogP contribution in [0.5, 0.6) is 0 Å². The second-order valence-corrected chi connectivity index (χ2v) is 0.178. The van der Waals surface area contributed by atoms with Crippen molar-refractivity contribution in [3.63, 3.8) is 0 Å². The molecule has 0 aliphatic heterocycles. The van der Waals surface area contributed by atoms with E-state index in [4.69, 9.17) is 0 Å². The number of halogens is 4. The van der Waals surface area contributed by atoms with E-state index in [0.717, 1.165) is 0 Å². The Kier molecular flexibility index (Phi) is 207. The van der Waals surface area contributed by atoms with Crippen LogP contribution in [-0.2, 0) is 32.9 Å². The minimum Gasteiger partial charge on any atom is 2.00 e. The van der Waals surface area contributed by atoms with Crippen LogP contribution in [0.25, 0.3) is 0 Å². The van der Waals surface area contributed by atoms with Gasteiger partial charge in [-0.1, -0.05) is 0 Å². The van der Waals surface area contributed by atoms with Crippen molar-refractivity contribution in [1.29, 1.82) is 0 Å². The molecule has 6 heteroatoms. The van der Waals surface area contributed by atoms with Crippen LogP contribution in [0.4, 0.5) is 7.10 Å². The second kappa shape index (κ2) is 42.2. The standard InChI is InChI=1S/Cu.4FH.Fe/h;4*1H;/q+2;;;;;+2/p-4. The molecule has 0 rings (SSSR count). The Morgan fingerprint density at radius 2 is 1.00 bits per heavy atom. The maximum atomic E-state index is 9.53. The molecular weight excluding hydrogens is 195 g/mol. The molecule has 0 nitrogen and oxygen atoms in total. The van der Waals surface area contributed by atoms with E-state index in [0.29, 0.717) is 0 Å². The fourth-order valence-electron chi connectivity index (χ4n) is 0. The van der Waals surface area contributed by atoms with Crippen molar-refractivity contribution in [2.45, 2.75) is 0 Å². The van der Waals surface area contributed by atoms with Gasteiger partial charge in [-0.3, -0.25) is 0 Å². The van der Waals surface area contributed by atoms with Crippen molar-refractivity contribution >= 4 is 0 Å². The molecule has 0 aliphatic carbocycles. The first-order chi connectivity index (χ1) is 1.41. The van der Waals surface area contributed by atoms with E-state index in [1.807, 2.05) is 0 Å². The van der Waals surface area contributed by atoms with Crippen molar-refractivity contribution in [2.75, 3.05) is 0 Å². The summed E-state index contributed by atoms with van der Waals surface area (Å²) in [5, 5.41) is 0.